The number of para-hydroxylation sites is 2. The third kappa shape index (κ3) is 1.95. The highest BCUT2D eigenvalue weighted by molar-refractivity contribution is 6.21. The molecule has 0 radical (unpaired) electrons. The highest BCUT2D eigenvalue weighted by atomic mass is 16.3. The molecule has 5 heteroatoms. The predicted octanol–water partition coefficient (Wildman–Crippen LogP) is 3.44. The SMILES string of the molecule is Cn1c(C(=N)c2cc3ccccc3o2)c(C(N)=O)c2ccccc21. The van der Waals surface area contributed by atoms with Crippen molar-refractivity contribution in [2.75, 3.05) is 0 Å². The van der Waals surface area contributed by atoms with Crippen LogP contribution in [-0.2, 0) is 7.05 Å². The van der Waals surface area contributed by atoms with Gasteiger partial charge >= 0.3 is 0 Å². The quantitative estimate of drug-likeness (QED) is 0.567. The molecule has 0 fully saturated rings. The lowest BCUT2D eigenvalue weighted by atomic mass is 10.1. The summed E-state index contributed by atoms with van der Waals surface area (Å²) >= 11 is 0. The zero-order valence-electron chi connectivity index (χ0n) is 13.0. The number of nitrogens with zero attached hydrogens (tertiary/aromatic N) is 1. The molecule has 0 bridgehead atoms. The lowest BCUT2D eigenvalue weighted by Gasteiger charge is -2.06. The molecular weight excluding hydrogens is 302 g/mol. The van der Waals surface area contributed by atoms with Crippen molar-refractivity contribution in [2.24, 2.45) is 12.8 Å². The van der Waals surface area contributed by atoms with Gasteiger partial charge in [0.1, 0.15) is 11.3 Å². The van der Waals surface area contributed by atoms with E-state index in [1.165, 1.54) is 0 Å². The highest BCUT2D eigenvalue weighted by Crippen LogP contribution is 2.28. The van der Waals surface area contributed by atoms with Gasteiger partial charge in [-0.1, -0.05) is 36.4 Å². The van der Waals surface area contributed by atoms with E-state index < -0.39 is 5.91 Å². The second kappa shape index (κ2) is 5.09. The number of nitrogens with two attached hydrogens (primary N) is 1. The number of primary amides is 1. The average molecular weight is 317 g/mol. The number of furan rings is 1. The van der Waals surface area contributed by atoms with E-state index >= 15 is 0 Å². The number of aromatic nitrogens is 1. The molecule has 2 heterocycles. The zero-order valence-corrected chi connectivity index (χ0v) is 13.0. The first-order valence-electron chi connectivity index (χ1n) is 7.53. The van der Waals surface area contributed by atoms with E-state index in [9.17, 15) is 4.79 Å². The number of carbonyl (C=O) groups excluding carboxylic acids is 1. The smallest absolute Gasteiger partial charge is 0.251 e. The van der Waals surface area contributed by atoms with Crippen molar-refractivity contribution >= 4 is 33.5 Å². The molecule has 2 aromatic heterocycles. The van der Waals surface area contributed by atoms with Crippen molar-refractivity contribution in [3.8, 4) is 0 Å². The maximum absolute atomic E-state index is 12.0. The molecule has 0 saturated carbocycles. The largest absolute Gasteiger partial charge is 0.454 e. The Kier molecular flexibility index (Phi) is 3.03. The molecule has 118 valence electrons. The van der Waals surface area contributed by atoms with Crippen LogP contribution in [-0.4, -0.2) is 16.2 Å². The molecule has 0 saturated heterocycles. The van der Waals surface area contributed by atoms with Gasteiger partial charge in [-0.2, -0.15) is 0 Å². The van der Waals surface area contributed by atoms with Crippen molar-refractivity contribution in [1.29, 1.82) is 5.41 Å². The summed E-state index contributed by atoms with van der Waals surface area (Å²) in [4.78, 5) is 12.0. The number of hydrogen-bond acceptors (Lipinski definition) is 3. The number of benzene rings is 2. The van der Waals surface area contributed by atoms with Crippen molar-refractivity contribution < 1.29 is 9.21 Å². The second-order valence-corrected chi connectivity index (χ2v) is 5.69. The second-order valence-electron chi connectivity index (χ2n) is 5.69. The van der Waals surface area contributed by atoms with Gasteiger partial charge in [-0.25, -0.2) is 0 Å². The Hall–Kier alpha value is -3.34. The lowest BCUT2D eigenvalue weighted by molar-refractivity contribution is 0.100. The third-order valence-electron chi connectivity index (χ3n) is 4.26. The van der Waals surface area contributed by atoms with E-state index in [1.54, 1.807) is 6.07 Å². The van der Waals surface area contributed by atoms with Crippen molar-refractivity contribution in [2.45, 2.75) is 0 Å². The summed E-state index contributed by atoms with van der Waals surface area (Å²) < 4.78 is 7.59. The van der Waals surface area contributed by atoms with Gasteiger partial charge in [-0.3, -0.25) is 10.2 Å². The summed E-state index contributed by atoms with van der Waals surface area (Å²) in [6.45, 7) is 0. The minimum Gasteiger partial charge on any atom is -0.454 e. The number of fused-ring (bicyclic) bond motifs is 2. The predicted molar refractivity (Wildman–Crippen MR) is 93.6 cm³/mol. The summed E-state index contributed by atoms with van der Waals surface area (Å²) in [7, 11) is 1.82. The first kappa shape index (κ1) is 14.3. The molecule has 1 amide bonds. The molecule has 2 aromatic carbocycles. The average Bonchev–Trinajstić information content (AvgIpc) is 3.14. The number of amides is 1. The molecule has 24 heavy (non-hydrogen) atoms. The van der Waals surface area contributed by atoms with Crippen molar-refractivity contribution in [1.82, 2.24) is 4.57 Å². The van der Waals surface area contributed by atoms with Gasteiger partial charge in [0, 0.05) is 23.3 Å². The summed E-state index contributed by atoms with van der Waals surface area (Å²) in [6, 6.07) is 16.9. The van der Waals surface area contributed by atoms with Gasteiger partial charge in [0.2, 0.25) is 0 Å². The topological polar surface area (TPSA) is 85.0 Å². The first-order valence-corrected chi connectivity index (χ1v) is 7.53. The Balaban J connectivity index is 1.98. The lowest BCUT2D eigenvalue weighted by Crippen LogP contribution is -2.17. The summed E-state index contributed by atoms with van der Waals surface area (Å²) in [6.07, 6.45) is 0. The summed E-state index contributed by atoms with van der Waals surface area (Å²) in [5.74, 6) is -0.146. The molecular formula is C19H15N3O2. The molecule has 4 aromatic rings. The van der Waals surface area contributed by atoms with Crippen molar-refractivity contribution in [3.63, 3.8) is 0 Å². The van der Waals surface area contributed by atoms with Gasteiger partial charge < -0.3 is 14.7 Å². The third-order valence-corrected chi connectivity index (χ3v) is 4.26. The van der Waals surface area contributed by atoms with Gasteiger partial charge in [0.15, 0.2) is 5.76 Å². The molecule has 0 atom stereocenters. The Labute approximate surface area is 137 Å². The standard InChI is InChI=1S/C19H15N3O2/c1-22-13-8-4-3-7-12(13)16(19(21)23)18(22)17(20)15-10-11-6-2-5-9-14(11)24-15/h2-10,20H,1H3,(H2,21,23). The Morgan fingerprint density at radius 2 is 1.83 bits per heavy atom. The fourth-order valence-corrected chi connectivity index (χ4v) is 3.16. The van der Waals surface area contributed by atoms with Crippen LogP contribution in [0.3, 0.4) is 0 Å². The van der Waals surface area contributed by atoms with Gasteiger partial charge in [-0.05, 0) is 18.2 Å². The molecule has 5 nitrogen and oxygen atoms in total. The Morgan fingerprint density at radius 1 is 1.12 bits per heavy atom. The van der Waals surface area contributed by atoms with Crippen LogP contribution in [0.2, 0.25) is 0 Å². The van der Waals surface area contributed by atoms with Gasteiger partial charge in [-0.15, -0.1) is 0 Å². The fourth-order valence-electron chi connectivity index (χ4n) is 3.16. The van der Waals surface area contributed by atoms with Gasteiger partial charge in [0.25, 0.3) is 5.91 Å². The van der Waals surface area contributed by atoms with Crippen LogP contribution in [0, 0.1) is 5.41 Å². The number of hydrogen-bond donors (Lipinski definition) is 2. The Morgan fingerprint density at radius 3 is 2.58 bits per heavy atom. The molecule has 3 N–H and O–H groups in total. The van der Waals surface area contributed by atoms with E-state index in [2.05, 4.69) is 0 Å². The number of carbonyl (C=O) groups is 1. The molecule has 0 unspecified atom stereocenters. The maximum atomic E-state index is 12.0. The van der Waals surface area contributed by atoms with E-state index in [4.69, 9.17) is 15.6 Å². The first-order chi connectivity index (χ1) is 11.6. The number of aryl methyl sites for hydroxylation is 1. The van der Waals surface area contributed by atoms with Crippen LogP contribution in [0.4, 0.5) is 0 Å². The van der Waals surface area contributed by atoms with E-state index in [0.29, 0.717) is 22.6 Å². The number of nitrogens with one attached hydrogen (secondary N) is 1. The van der Waals surface area contributed by atoms with Crippen molar-refractivity contribution in [3.05, 3.63) is 71.6 Å². The van der Waals surface area contributed by atoms with E-state index in [1.807, 2.05) is 60.1 Å². The molecule has 0 aliphatic carbocycles. The normalized spacial score (nSPS) is 11.2. The molecule has 0 spiro atoms. The van der Waals surface area contributed by atoms with Crippen LogP contribution in [0.5, 0.6) is 0 Å². The molecule has 0 aliphatic rings. The highest BCUT2D eigenvalue weighted by Gasteiger charge is 2.24. The van der Waals surface area contributed by atoms with Crippen LogP contribution in [0.25, 0.3) is 21.9 Å². The van der Waals surface area contributed by atoms with E-state index in [0.717, 1.165) is 16.3 Å². The minimum atomic E-state index is -0.553. The molecule has 0 aliphatic heterocycles. The minimum absolute atomic E-state index is 0.138. The van der Waals surface area contributed by atoms with Crippen LogP contribution < -0.4 is 5.73 Å². The zero-order chi connectivity index (χ0) is 16.8. The Bertz CT molecular complexity index is 1090. The maximum Gasteiger partial charge on any atom is 0.251 e. The fraction of sp³-hybridized carbons (Fsp3) is 0.0526. The summed E-state index contributed by atoms with van der Waals surface area (Å²) in [5.41, 5.74) is 8.10. The monoisotopic (exact) mass is 317 g/mol. The summed E-state index contributed by atoms with van der Waals surface area (Å²) in [5, 5.41) is 10.2. The van der Waals surface area contributed by atoms with Crippen LogP contribution in [0.15, 0.2) is 59.0 Å². The number of rotatable bonds is 3. The molecule has 4 rings (SSSR count). The van der Waals surface area contributed by atoms with E-state index in [-0.39, 0.29) is 5.71 Å². The van der Waals surface area contributed by atoms with Gasteiger partial charge in [0.05, 0.1) is 11.3 Å². The van der Waals surface area contributed by atoms with Crippen LogP contribution in [0.1, 0.15) is 21.8 Å². The van der Waals surface area contributed by atoms with Crippen LogP contribution >= 0.6 is 0 Å².